The number of rotatable bonds is 75. The molecule has 47 nitrogen and oxygen atoms in total. The Hall–Kier alpha value is -5.68. The molecule has 3 rings (SSSR count). The number of amides is 8. The van der Waals surface area contributed by atoms with Gasteiger partial charge in [-0.15, -0.1) is 0 Å². The Morgan fingerprint density at radius 2 is 0.857 bits per heavy atom. The van der Waals surface area contributed by atoms with Gasteiger partial charge in [-0.05, 0) is 26.2 Å². The lowest BCUT2D eigenvalue weighted by Crippen LogP contribution is -2.64. The van der Waals surface area contributed by atoms with Crippen LogP contribution in [0.25, 0.3) is 0 Å². The van der Waals surface area contributed by atoms with E-state index in [4.69, 9.17) is 91.0 Å². The summed E-state index contributed by atoms with van der Waals surface area (Å²) >= 11 is 0. The number of aliphatic imine (C=N–C) groups is 1. The molecule has 0 aromatic rings. The SMILES string of the molecule is CCC(CO)OC(COC(=O)NCCNC(=O)CCSSCCCC(N)=NCCCC(=O)NC(COCCC(=O)NCCOCCOCCOC1OC(CO)C(O)C(O)C1CC(C)=O)(COCCC(=O)NCCOCCOCCOC1OC(CO)C(O)C(O)C1NC(C)=O)COCCC(=O)NCCOCCOCCOC1OC(CO)C(O)C(O)C1NC(C)=O)OC. The average Bonchev–Trinajstić information content (AvgIpc) is 0.811. The van der Waals surface area contributed by atoms with Gasteiger partial charge in [0.05, 0.1) is 183 Å². The van der Waals surface area contributed by atoms with E-state index in [1.165, 1.54) is 38.7 Å². The van der Waals surface area contributed by atoms with Gasteiger partial charge in [0.25, 0.3) is 0 Å². The fourth-order valence-corrected chi connectivity index (χ4v) is 14.1. The minimum Gasteiger partial charge on any atom is -0.444 e. The van der Waals surface area contributed by atoms with Crippen molar-refractivity contribution in [2.75, 3.05) is 230 Å². The van der Waals surface area contributed by atoms with E-state index in [-0.39, 0.29) is 248 Å². The van der Waals surface area contributed by atoms with Crippen molar-refractivity contribution in [3.63, 3.8) is 0 Å². The van der Waals surface area contributed by atoms with Crippen LogP contribution in [0.5, 0.6) is 0 Å². The molecule has 0 aromatic heterocycles. The van der Waals surface area contributed by atoms with Gasteiger partial charge in [0.2, 0.25) is 41.4 Å². The molecule has 3 aliphatic rings. The zero-order valence-electron chi connectivity index (χ0n) is 72.8. The van der Waals surface area contributed by atoms with Gasteiger partial charge in [0, 0.05) is 123 Å². The summed E-state index contributed by atoms with van der Waals surface area (Å²) in [7, 11) is 4.46. The molecule has 8 amide bonds. The van der Waals surface area contributed by atoms with Crippen LogP contribution < -0.4 is 48.3 Å². The van der Waals surface area contributed by atoms with Crippen molar-refractivity contribution in [1.29, 1.82) is 0 Å². The number of aliphatic hydroxyl groups is 10. The number of carbonyl (C=O) groups is 9. The Morgan fingerprint density at radius 1 is 0.452 bits per heavy atom. The zero-order chi connectivity index (χ0) is 92.7. The van der Waals surface area contributed by atoms with Gasteiger partial charge >= 0.3 is 6.09 Å². The summed E-state index contributed by atoms with van der Waals surface area (Å²) in [4.78, 5) is 118. The molecule has 0 saturated carbocycles. The summed E-state index contributed by atoms with van der Waals surface area (Å²) in [6.07, 6.45) is -16.1. The minimum absolute atomic E-state index is 0.00976. The first-order chi connectivity index (χ1) is 60.6. The number of amidine groups is 1. The second-order valence-electron chi connectivity index (χ2n) is 29.1. The molecule has 17 atom stereocenters. The van der Waals surface area contributed by atoms with Gasteiger partial charge in [0.15, 0.2) is 25.2 Å². The highest BCUT2D eigenvalue weighted by atomic mass is 33.1. The summed E-state index contributed by atoms with van der Waals surface area (Å²) in [6.45, 7) is 3.97. The van der Waals surface area contributed by atoms with Gasteiger partial charge in [-0.1, -0.05) is 28.5 Å². The van der Waals surface area contributed by atoms with Gasteiger partial charge in [0.1, 0.15) is 78.8 Å². The van der Waals surface area contributed by atoms with Crippen molar-refractivity contribution in [2.45, 2.75) is 196 Å². The van der Waals surface area contributed by atoms with Gasteiger partial charge < -0.3 is 189 Å². The van der Waals surface area contributed by atoms with Crippen molar-refractivity contribution >= 4 is 80.7 Å². The maximum absolute atomic E-state index is 14.0. The highest BCUT2D eigenvalue weighted by molar-refractivity contribution is 8.76. The molecular weight excluding hydrogens is 1720 g/mol. The standard InChI is InChI=1S/C77H140N10O37S2/c1-6-53(42-88)121-64(107-5)46-120-76(106)84-17-16-80-62(98)14-40-126-125-39-8-9-58(78)79-15-7-10-63(99)87-77(47-114-21-11-59(95)81-18-24-108-27-30-111-33-36-117-73-54(41-50(2)92)67(100)68(101)55(43-89)122-73,48-115-22-12-60(96)82-19-25-109-28-31-112-34-37-118-74-65(85-51(3)93)71(104)69(102)56(44-90)123-74)49-116-23-13-61(97)83-20-26-110-29-32-113-35-38-119-75-66(86-52(4)94)72(105)70(103)57(45-91)124-75/h53-57,64-75,88-91,100-105H,6-49H2,1-5H3,(H2,78,79)(H,80,98)(H,81,95)(H,82,96)(H,83,97)(H,84,106)(H,85,93)(H,86,94)(H,87,99). The van der Waals surface area contributed by atoms with Gasteiger partial charge in [-0.3, -0.25) is 38.6 Å². The first-order valence-electron chi connectivity index (χ1n) is 42.2. The molecule has 3 heterocycles. The maximum Gasteiger partial charge on any atom is 0.407 e. The Morgan fingerprint density at radius 3 is 1.29 bits per heavy atom. The third-order valence-electron chi connectivity index (χ3n) is 18.7. The van der Waals surface area contributed by atoms with E-state index in [2.05, 4.69) is 47.5 Å². The normalized spacial score (nSPS) is 23.5. The van der Waals surface area contributed by atoms with E-state index in [9.17, 15) is 94.2 Å². The predicted octanol–water partition coefficient (Wildman–Crippen LogP) is -7.23. The summed E-state index contributed by atoms with van der Waals surface area (Å²) in [5, 5.41) is 122. The zero-order valence-corrected chi connectivity index (χ0v) is 74.4. The highest BCUT2D eigenvalue weighted by Crippen LogP contribution is 2.31. The number of aliphatic hydroxyl groups excluding tert-OH is 10. The number of Topliss-reactive ketones (excluding diaryl/α,β-unsaturated/α-hetero) is 1. The van der Waals surface area contributed by atoms with Crippen molar-refractivity contribution in [3.8, 4) is 0 Å². The number of carbonyl (C=O) groups excluding carboxylic acids is 9. The van der Waals surface area contributed by atoms with Crippen molar-refractivity contribution in [1.82, 2.24) is 42.5 Å². The molecule has 0 bridgehead atoms. The van der Waals surface area contributed by atoms with Crippen LogP contribution in [-0.2, 0) is 124 Å². The smallest absolute Gasteiger partial charge is 0.407 e. The fraction of sp³-hybridized carbons (Fsp3) is 0.870. The van der Waals surface area contributed by atoms with Crippen molar-refractivity contribution < 1.29 is 179 Å². The monoisotopic (exact) mass is 1860 g/mol. The molecule has 17 unspecified atom stereocenters. The van der Waals surface area contributed by atoms with Crippen LogP contribution in [0.15, 0.2) is 4.99 Å². The molecule has 3 saturated heterocycles. The van der Waals surface area contributed by atoms with Crippen LogP contribution >= 0.6 is 21.6 Å². The largest absolute Gasteiger partial charge is 0.444 e. The molecule has 0 spiro atoms. The second-order valence-corrected chi connectivity index (χ2v) is 31.8. The first-order valence-corrected chi connectivity index (χ1v) is 44.7. The van der Waals surface area contributed by atoms with E-state index in [1.807, 2.05) is 6.92 Å². The van der Waals surface area contributed by atoms with Crippen LogP contribution in [0.2, 0.25) is 0 Å². The first kappa shape index (κ1) is 114. The molecule has 49 heteroatoms. The molecule has 0 aromatic carbocycles. The van der Waals surface area contributed by atoms with E-state index < -0.39 is 171 Å². The summed E-state index contributed by atoms with van der Waals surface area (Å²) in [5.41, 5.74) is 4.78. The molecule has 732 valence electrons. The topological polar surface area (TPSA) is 657 Å². The van der Waals surface area contributed by atoms with Crippen LogP contribution in [0.1, 0.15) is 91.9 Å². The highest BCUT2D eigenvalue weighted by Gasteiger charge is 2.48. The number of nitrogens with zero attached hydrogens (tertiary/aromatic N) is 1. The fourth-order valence-electron chi connectivity index (χ4n) is 12.1. The third-order valence-corrected chi connectivity index (χ3v) is 21.2. The molecule has 0 aliphatic carbocycles. The van der Waals surface area contributed by atoms with Crippen LogP contribution in [-0.4, -0.2) is 444 Å². The Kier molecular flexibility index (Phi) is 63.7. The molecular formula is C77H140N10O37S2. The molecule has 20 N–H and O–H groups in total. The van der Waals surface area contributed by atoms with Crippen LogP contribution in [0, 0.1) is 5.92 Å². The van der Waals surface area contributed by atoms with Gasteiger partial charge in [-0.25, -0.2) is 4.79 Å². The number of nitrogens with two attached hydrogens (primary N) is 1. The third kappa shape index (κ3) is 50.6. The lowest BCUT2D eigenvalue weighted by Gasteiger charge is -2.42. The van der Waals surface area contributed by atoms with E-state index >= 15 is 0 Å². The van der Waals surface area contributed by atoms with E-state index in [0.717, 1.165) is 0 Å². The quantitative estimate of drug-likeness (QED) is 0.00884. The lowest BCUT2D eigenvalue weighted by atomic mass is 9.87. The number of hydrogen-bond donors (Lipinski definition) is 19. The number of nitrogens with one attached hydrogen (secondary N) is 8. The minimum atomic E-state index is -1.49. The summed E-state index contributed by atoms with van der Waals surface area (Å²) in [6, 6.07) is -2.23. The average molecular weight is 1860 g/mol. The van der Waals surface area contributed by atoms with Crippen LogP contribution in [0.4, 0.5) is 4.79 Å². The summed E-state index contributed by atoms with van der Waals surface area (Å²) < 4.78 is 101. The molecule has 3 fully saturated rings. The maximum atomic E-state index is 14.0. The van der Waals surface area contributed by atoms with Crippen LogP contribution in [0.3, 0.4) is 0 Å². The van der Waals surface area contributed by atoms with Crippen molar-refractivity contribution in [3.05, 3.63) is 0 Å². The van der Waals surface area contributed by atoms with Crippen molar-refractivity contribution in [2.24, 2.45) is 16.6 Å². The second kappa shape index (κ2) is 70.1. The number of ether oxygens (including phenoxy) is 18. The van der Waals surface area contributed by atoms with E-state index in [0.29, 0.717) is 36.6 Å². The number of methoxy groups -OCH3 is 1. The Bertz CT molecular complexity index is 2800. The number of alkyl carbamates (subject to hydrolysis) is 1. The van der Waals surface area contributed by atoms with Gasteiger partial charge in [-0.2, -0.15) is 0 Å². The lowest BCUT2D eigenvalue weighted by molar-refractivity contribution is -0.287. The Balaban J connectivity index is 1.59. The number of ketones is 1. The molecule has 0 radical (unpaired) electrons. The molecule has 3 aliphatic heterocycles. The summed E-state index contributed by atoms with van der Waals surface area (Å²) in [5.74, 6) is -2.44. The number of hydrogen-bond acceptors (Lipinski definition) is 40. The Labute approximate surface area is 741 Å². The van der Waals surface area contributed by atoms with E-state index in [1.54, 1.807) is 10.8 Å². The molecule has 126 heavy (non-hydrogen) atoms. The predicted molar refractivity (Wildman–Crippen MR) is 446 cm³/mol.